The van der Waals surface area contributed by atoms with E-state index in [1.807, 2.05) is 24.3 Å². The van der Waals surface area contributed by atoms with Gasteiger partial charge in [-0.1, -0.05) is 6.07 Å². The van der Waals surface area contributed by atoms with Crippen LogP contribution in [0.2, 0.25) is 0 Å². The first-order valence-corrected chi connectivity index (χ1v) is 9.03. The topological polar surface area (TPSA) is 63.7 Å². The molecule has 3 aromatic rings. The molecule has 0 atom stereocenters. The van der Waals surface area contributed by atoms with Crippen molar-refractivity contribution in [3.05, 3.63) is 66.5 Å². The van der Waals surface area contributed by atoms with Crippen LogP contribution in [-0.2, 0) is 6.42 Å². The van der Waals surface area contributed by atoms with E-state index in [9.17, 15) is 4.79 Å². The fraction of sp³-hybridized carbons (Fsp3) is 0.182. The van der Waals surface area contributed by atoms with Gasteiger partial charge in [-0.15, -0.1) is 0 Å². The van der Waals surface area contributed by atoms with Crippen LogP contribution in [0.25, 0.3) is 11.1 Å². The van der Waals surface area contributed by atoms with Crippen molar-refractivity contribution in [1.82, 2.24) is 4.98 Å². The Morgan fingerprint density at radius 1 is 1.00 bits per heavy atom. The summed E-state index contributed by atoms with van der Waals surface area (Å²) in [6.07, 6.45) is 4.39. The normalized spacial score (nSPS) is 12.4. The predicted molar refractivity (Wildman–Crippen MR) is 109 cm³/mol. The number of hydrogen-bond donors (Lipinski definition) is 1. The molecule has 2 heterocycles. The molecule has 0 saturated heterocycles. The summed E-state index contributed by atoms with van der Waals surface area (Å²) in [6, 6.07) is 15.3. The second-order valence-corrected chi connectivity index (χ2v) is 6.48. The molecule has 1 aliphatic rings. The SMILES string of the molecule is COc1ccc(NC(=O)N2CCc3cc(-c4ccncc4)ccc32)c(OC)c1. The molecule has 6 nitrogen and oxygen atoms in total. The first-order chi connectivity index (χ1) is 13.7. The molecule has 6 heteroatoms. The Labute approximate surface area is 163 Å². The van der Waals surface area contributed by atoms with Gasteiger partial charge in [0.2, 0.25) is 0 Å². The van der Waals surface area contributed by atoms with Crippen LogP contribution in [0.5, 0.6) is 11.5 Å². The molecular weight excluding hydrogens is 354 g/mol. The Kier molecular flexibility index (Phi) is 4.85. The maximum atomic E-state index is 12.9. The zero-order valence-electron chi connectivity index (χ0n) is 15.8. The molecule has 0 unspecified atom stereocenters. The van der Waals surface area contributed by atoms with E-state index >= 15 is 0 Å². The van der Waals surface area contributed by atoms with Crippen LogP contribution in [0.4, 0.5) is 16.2 Å². The van der Waals surface area contributed by atoms with Crippen LogP contribution in [0, 0.1) is 0 Å². The number of methoxy groups -OCH3 is 2. The lowest BCUT2D eigenvalue weighted by Crippen LogP contribution is -2.33. The maximum Gasteiger partial charge on any atom is 0.326 e. The van der Waals surface area contributed by atoms with E-state index in [0.29, 0.717) is 23.7 Å². The molecule has 0 fully saturated rings. The van der Waals surface area contributed by atoms with Crippen molar-refractivity contribution in [1.29, 1.82) is 0 Å². The maximum absolute atomic E-state index is 12.9. The minimum Gasteiger partial charge on any atom is -0.497 e. The lowest BCUT2D eigenvalue weighted by Gasteiger charge is -2.19. The Hall–Kier alpha value is -3.54. The molecule has 0 aliphatic carbocycles. The molecule has 0 bridgehead atoms. The van der Waals surface area contributed by atoms with Gasteiger partial charge in [0.25, 0.3) is 0 Å². The molecule has 142 valence electrons. The summed E-state index contributed by atoms with van der Waals surface area (Å²) in [5, 5.41) is 2.94. The highest BCUT2D eigenvalue weighted by atomic mass is 16.5. The number of carbonyl (C=O) groups is 1. The largest absolute Gasteiger partial charge is 0.497 e. The van der Waals surface area contributed by atoms with E-state index in [2.05, 4.69) is 16.4 Å². The highest BCUT2D eigenvalue weighted by Crippen LogP contribution is 2.34. The summed E-state index contributed by atoms with van der Waals surface area (Å²) < 4.78 is 10.6. The quantitative estimate of drug-likeness (QED) is 0.736. The van der Waals surface area contributed by atoms with Gasteiger partial charge in [0.1, 0.15) is 11.5 Å². The summed E-state index contributed by atoms with van der Waals surface area (Å²) in [4.78, 5) is 18.7. The number of urea groups is 1. The van der Waals surface area contributed by atoms with Crippen molar-refractivity contribution in [2.24, 2.45) is 0 Å². The molecule has 0 saturated carbocycles. The van der Waals surface area contributed by atoms with Gasteiger partial charge in [0.05, 0.1) is 19.9 Å². The average Bonchev–Trinajstić information content (AvgIpc) is 3.18. The summed E-state index contributed by atoms with van der Waals surface area (Å²) in [5.74, 6) is 1.23. The summed E-state index contributed by atoms with van der Waals surface area (Å²) >= 11 is 0. The number of benzene rings is 2. The number of ether oxygens (including phenoxy) is 2. The van der Waals surface area contributed by atoms with E-state index < -0.39 is 0 Å². The Morgan fingerprint density at radius 3 is 2.57 bits per heavy atom. The molecule has 2 amide bonds. The van der Waals surface area contributed by atoms with Gasteiger partial charge in [-0.05, 0) is 59.5 Å². The number of rotatable bonds is 4. The number of hydrogen-bond acceptors (Lipinski definition) is 4. The van der Waals surface area contributed by atoms with Crippen molar-refractivity contribution in [2.45, 2.75) is 6.42 Å². The minimum atomic E-state index is -0.182. The monoisotopic (exact) mass is 375 g/mol. The number of aromatic nitrogens is 1. The van der Waals surface area contributed by atoms with Crippen molar-refractivity contribution >= 4 is 17.4 Å². The van der Waals surface area contributed by atoms with Crippen LogP contribution in [-0.4, -0.2) is 31.8 Å². The van der Waals surface area contributed by atoms with Gasteiger partial charge < -0.3 is 14.8 Å². The zero-order valence-corrected chi connectivity index (χ0v) is 15.8. The first-order valence-electron chi connectivity index (χ1n) is 9.03. The molecule has 1 aromatic heterocycles. The fourth-order valence-electron chi connectivity index (χ4n) is 3.42. The number of fused-ring (bicyclic) bond motifs is 1. The van der Waals surface area contributed by atoms with E-state index in [4.69, 9.17) is 9.47 Å². The fourth-order valence-corrected chi connectivity index (χ4v) is 3.42. The summed E-state index contributed by atoms with van der Waals surface area (Å²) in [7, 11) is 3.16. The van der Waals surface area contributed by atoms with Gasteiger partial charge in [-0.2, -0.15) is 0 Å². The molecule has 2 aromatic carbocycles. The number of pyridine rings is 1. The van der Waals surface area contributed by atoms with Crippen LogP contribution in [0.1, 0.15) is 5.56 Å². The highest BCUT2D eigenvalue weighted by molar-refractivity contribution is 6.04. The standard InChI is InChI=1S/C22H21N3O3/c1-27-18-4-5-19(21(14-18)28-2)24-22(26)25-12-9-17-13-16(3-6-20(17)25)15-7-10-23-11-8-15/h3-8,10-11,13-14H,9,12H2,1-2H3,(H,24,26). The van der Waals surface area contributed by atoms with E-state index in [-0.39, 0.29) is 6.03 Å². The van der Waals surface area contributed by atoms with Gasteiger partial charge >= 0.3 is 6.03 Å². The lowest BCUT2D eigenvalue weighted by molar-refractivity contribution is 0.257. The van der Waals surface area contributed by atoms with Crippen LogP contribution in [0.3, 0.4) is 0 Å². The smallest absolute Gasteiger partial charge is 0.326 e. The second kappa shape index (κ2) is 7.60. The number of carbonyl (C=O) groups excluding carboxylic acids is 1. The number of nitrogens with one attached hydrogen (secondary N) is 1. The van der Waals surface area contributed by atoms with Gasteiger partial charge in [-0.25, -0.2) is 4.79 Å². The summed E-state index contributed by atoms with van der Waals surface area (Å²) in [5.41, 5.74) is 4.94. The van der Waals surface area contributed by atoms with Crippen molar-refractivity contribution < 1.29 is 14.3 Å². The number of anilines is 2. The van der Waals surface area contributed by atoms with Crippen LogP contribution >= 0.6 is 0 Å². The number of nitrogens with zero attached hydrogens (tertiary/aromatic N) is 2. The van der Waals surface area contributed by atoms with Gasteiger partial charge in [0.15, 0.2) is 0 Å². The molecule has 4 rings (SSSR count). The van der Waals surface area contributed by atoms with Crippen LogP contribution < -0.4 is 19.7 Å². The van der Waals surface area contributed by atoms with Crippen molar-refractivity contribution in [3.63, 3.8) is 0 Å². The van der Waals surface area contributed by atoms with Crippen LogP contribution in [0.15, 0.2) is 60.9 Å². The molecule has 0 spiro atoms. The lowest BCUT2D eigenvalue weighted by atomic mass is 10.0. The average molecular weight is 375 g/mol. The van der Waals surface area contributed by atoms with E-state index in [1.54, 1.807) is 49.7 Å². The van der Waals surface area contributed by atoms with Gasteiger partial charge in [-0.3, -0.25) is 9.88 Å². The highest BCUT2D eigenvalue weighted by Gasteiger charge is 2.25. The summed E-state index contributed by atoms with van der Waals surface area (Å²) in [6.45, 7) is 0.638. The third kappa shape index (κ3) is 3.36. The predicted octanol–water partition coefficient (Wildman–Crippen LogP) is 4.36. The molecular formula is C22H21N3O3. The third-order valence-electron chi connectivity index (χ3n) is 4.88. The molecule has 1 aliphatic heterocycles. The van der Waals surface area contributed by atoms with Crippen molar-refractivity contribution in [2.75, 3.05) is 31.0 Å². The van der Waals surface area contributed by atoms with E-state index in [1.165, 1.54) is 0 Å². The molecule has 28 heavy (non-hydrogen) atoms. The van der Waals surface area contributed by atoms with E-state index in [0.717, 1.165) is 28.8 Å². The first kappa shape index (κ1) is 17.9. The Bertz CT molecular complexity index is 1010. The number of amides is 2. The Balaban J connectivity index is 1.55. The van der Waals surface area contributed by atoms with Gasteiger partial charge in [0, 0.05) is 30.7 Å². The molecule has 1 N–H and O–H groups in total. The Morgan fingerprint density at radius 2 is 1.82 bits per heavy atom. The minimum absolute atomic E-state index is 0.182. The van der Waals surface area contributed by atoms with Crippen molar-refractivity contribution in [3.8, 4) is 22.6 Å². The second-order valence-electron chi connectivity index (χ2n) is 6.48. The third-order valence-corrected chi connectivity index (χ3v) is 4.88. The zero-order chi connectivity index (χ0) is 19.5. The molecule has 0 radical (unpaired) electrons.